The van der Waals surface area contributed by atoms with Crippen LogP contribution >= 0.6 is 11.8 Å². The average molecular weight is 351 g/mol. The Kier molecular flexibility index (Phi) is 4.89. The number of benzene rings is 2. The number of rotatable bonds is 5. The minimum atomic E-state index is -0.670. The van der Waals surface area contributed by atoms with E-state index in [2.05, 4.69) is 5.32 Å². The van der Waals surface area contributed by atoms with Crippen LogP contribution in [0.25, 0.3) is 0 Å². The van der Waals surface area contributed by atoms with Gasteiger partial charge in [-0.2, -0.15) is 0 Å². The lowest BCUT2D eigenvalue weighted by Crippen LogP contribution is -2.28. The van der Waals surface area contributed by atoms with E-state index in [1.54, 1.807) is 6.07 Å². The predicted molar refractivity (Wildman–Crippen MR) is 86.2 cm³/mol. The van der Waals surface area contributed by atoms with Crippen molar-refractivity contribution in [2.24, 2.45) is 0 Å². The zero-order chi connectivity index (χ0) is 17.1. The van der Waals surface area contributed by atoms with Crippen molar-refractivity contribution < 1.29 is 23.0 Å². The summed E-state index contributed by atoms with van der Waals surface area (Å²) < 4.78 is 36.9. The van der Waals surface area contributed by atoms with Gasteiger partial charge in [-0.25, -0.2) is 8.78 Å². The van der Waals surface area contributed by atoms with Crippen LogP contribution in [0.5, 0.6) is 11.5 Å². The lowest BCUT2D eigenvalue weighted by molar-refractivity contribution is -0.119. The monoisotopic (exact) mass is 351 g/mol. The maximum absolute atomic E-state index is 13.5. The third-order valence-corrected chi connectivity index (χ3v) is 4.58. The van der Waals surface area contributed by atoms with Crippen LogP contribution in [0.2, 0.25) is 0 Å². The Hall–Kier alpha value is -2.28. The minimum Gasteiger partial charge on any atom is -0.454 e. The number of amides is 1. The van der Waals surface area contributed by atoms with Crippen LogP contribution in [0.15, 0.2) is 41.3 Å². The summed E-state index contributed by atoms with van der Waals surface area (Å²) in [6.45, 7) is 2.04. The molecule has 7 heteroatoms. The number of nitrogens with one attached hydrogen (secondary N) is 1. The van der Waals surface area contributed by atoms with Crippen molar-refractivity contribution in [3.8, 4) is 11.5 Å². The molecule has 0 saturated heterocycles. The van der Waals surface area contributed by atoms with Gasteiger partial charge in [-0.05, 0) is 36.8 Å². The number of hydrogen-bond donors (Lipinski definition) is 1. The highest BCUT2D eigenvalue weighted by atomic mass is 32.2. The summed E-state index contributed by atoms with van der Waals surface area (Å²) >= 11 is 1.02. The smallest absolute Gasteiger partial charge is 0.231 e. The van der Waals surface area contributed by atoms with Crippen molar-refractivity contribution in [2.45, 2.75) is 17.9 Å². The van der Waals surface area contributed by atoms with E-state index in [0.29, 0.717) is 11.5 Å². The van der Waals surface area contributed by atoms with Crippen molar-refractivity contribution in [3.63, 3.8) is 0 Å². The normalized spacial score (nSPS) is 13.6. The van der Waals surface area contributed by atoms with Gasteiger partial charge in [-0.3, -0.25) is 4.79 Å². The van der Waals surface area contributed by atoms with E-state index >= 15 is 0 Å². The number of carbonyl (C=O) groups excluding carboxylic acids is 1. The maximum Gasteiger partial charge on any atom is 0.231 e. The Labute approximate surface area is 142 Å². The molecule has 126 valence electrons. The quantitative estimate of drug-likeness (QED) is 0.835. The fraction of sp³-hybridized carbons (Fsp3) is 0.235. The zero-order valence-corrected chi connectivity index (χ0v) is 13.7. The van der Waals surface area contributed by atoms with Gasteiger partial charge in [0.05, 0.1) is 11.8 Å². The van der Waals surface area contributed by atoms with Crippen molar-refractivity contribution in [1.29, 1.82) is 0 Å². The third-order valence-electron chi connectivity index (χ3n) is 3.53. The summed E-state index contributed by atoms with van der Waals surface area (Å²) in [5.74, 6) is -0.184. The van der Waals surface area contributed by atoms with E-state index in [0.717, 1.165) is 23.4 Å². The molecule has 1 atom stereocenters. The van der Waals surface area contributed by atoms with Crippen LogP contribution in [0.4, 0.5) is 8.78 Å². The SMILES string of the molecule is C[C@@H](NC(=O)CSc1ccc(F)cc1F)c1ccc2c(c1)OCO2. The number of thioether (sulfide) groups is 1. The van der Waals surface area contributed by atoms with Gasteiger partial charge in [-0.1, -0.05) is 6.07 Å². The Morgan fingerprint density at radius 2 is 2.00 bits per heavy atom. The number of carbonyl (C=O) groups is 1. The molecular formula is C17H15F2NO3S. The van der Waals surface area contributed by atoms with E-state index in [9.17, 15) is 13.6 Å². The summed E-state index contributed by atoms with van der Waals surface area (Å²) in [6, 6.07) is 8.53. The molecule has 0 aromatic heterocycles. The van der Waals surface area contributed by atoms with Gasteiger partial charge >= 0.3 is 0 Å². The molecule has 0 unspecified atom stereocenters. The van der Waals surface area contributed by atoms with E-state index in [1.165, 1.54) is 12.1 Å². The van der Waals surface area contributed by atoms with Gasteiger partial charge in [0.1, 0.15) is 11.6 Å². The number of halogens is 2. The first-order valence-electron chi connectivity index (χ1n) is 7.29. The number of fused-ring (bicyclic) bond motifs is 1. The van der Waals surface area contributed by atoms with Gasteiger partial charge in [-0.15, -0.1) is 11.8 Å². The molecule has 4 nitrogen and oxygen atoms in total. The Morgan fingerprint density at radius 3 is 2.79 bits per heavy atom. The molecule has 0 bridgehead atoms. The molecule has 3 rings (SSSR count). The summed E-state index contributed by atoms with van der Waals surface area (Å²) in [4.78, 5) is 12.3. The Balaban J connectivity index is 1.56. The minimum absolute atomic E-state index is 0.0391. The molecule has 1 aliphatic heterocycles. The van der Waals surface area contributed by atoms with E-state index in [1.807, 2.05) is 19.1 Å². The molecule has 1 heterocycles. The first-order chi connectivity index (χ1) is 11.5. The summed E-state index contributed by atoms with van der Waals surface area (Å²) in [5, 5.41) is 2.84. The van der Waals surface area contributed by atoms with E-state index < -0.39 is 11.6 Å². The summed E-state index contributed by atoms with van der Waals surface area (Å²) in [6.07, 6.45) is 0. The number of ether oxygens (including phenoxy) is 2. The molecule has 0 aliphatic carbocycles. The van der Waals surface area contributed by atoms with E-state index in [-0.39, 0.29) is 29.4 Å². The zero-order valence-electron chi connectivity index (χ0n) is 12.8. The van der Waals surface area contributed by atoms with Gasteiger partial charge in [0.25, 0.3) is 0 Å². The predicted octanol–water partition coefficient (Wildman–Crippen LogP) is 3.66. The van der Waals surface area contributed by atoms with E-state index in [4.69, 9.17) is 9.47 Å². The van der Waals surface area contributed by atoms with Gasteiger partial charge in [0.15, 0.2) is 11.5 Å². The third kappa shape index (κ3) is 3.79. The first kappa shape index (κ1) is 16.6. The molecule has 0 spiro atoms. The summed E-state index contributed by atoms with van der Waals surface area (Å²) in [7, 11) is 0. The van der Waals surface area contributed by atoms with Crippen LogP contribution in [0, 0.1) is 11.6 Å². The fourth-order valence-electron chi connectivity index (χ4n) is 2.28. The average Bonchev–Trinajstić information content (AvgIpc) is 3.01. The van der Waals surface area contributed by atoms with Gasteiger partial charge in [0, 0.05) is 11.0 Å². The van der Waals surface area contributed by atoms with Crippen LogP contribution in [-0.2, 0) is 4.79 Å². The lowest BCUT2D eigenvalue weighted by atomic mass is 10.1. The highest BCUT2D eigenvalue weighted by Crippen LogP contribution is 2.34. The number of hydrogen-bond acceptors (Lipinski definition) is 4. The molecule has 0 saturated carbocycles. The second-order valence-electron chi connectivity index (χ2n) is 5.27. The molecule has 2 aromatic carbocycles. The summed E-state index contributed by atoms with van der Waals surface area (Å²) in [5.41, 5.74) is 0.880. The van der Waals surface area contributed by atoms with Crippen molar-refractivity contribution in [2.75, 3.05) is 12.5 Å². The molecule has 1 aliphatic rings. The Bertz CT molecular complexity index is 769. The molecule has 0 radical (unpaired) electrons. The highest BCUT2D eigenvalue weighted by Gasteiger charge is 2.17. The molecule has 24 heavy (non-hydrogen) atoms. The molecule has 1 amide bonds. The molecular weight excluding hydrogens is 336 g/mol. The van der Waals surface area contributed by atoms with Crippen LogP contribution < -0.4 is 14.8 Å². The van der Waals surface area contributed by atoms with Crippen molar-refractivity contribution in [3.05, 3.63) is 53.6 Å². The highest BCUT2D eigenvalue weighted by molar-refractivity contribution is 8.00. The van der Waals surface area contributed by atoms with Gasteiger partial charge < -0.3 is 14.8 Å². The second-order valence-corrected chi connectivity index (χ2v) is 6.28. The van der Waals surface area contributed by atoms with Gasteiger partial charge in [0.2, 0.25) is 12.7 Å². The molecule has 0 fully saturated rings. The second kappa shape index (κ2) is 7.09. The van der Waals surface area contributed by atoms with Crippen molar-refractivity contribution >= 4 is 17.7 Å². The largest absolute Gasteiger partial charge is 0.454 e. The standard InChI is InChI=1S/C17H15F2NO3S/c1-10(11-2-4-14-15(6-11)23-9-22-14)20-17(21)8-24-16-5-3-12(18)7-13(16)19/h2-7,10H,8-9H2,1H3,(H,20,21)/t10-/m1/s1. The first-order valence-corrected chi connectivity index (χ1v) is 8.28. The fourth-order valence-corrected chi connectivity index (χ4v) is 3.02. The van der Waals surface area contributed by atoms with Crippen LogP contribution in [0.1, 0.15) is 18.5 Å². The molecule has 1 N–H and O–H groups in total. The topological polar surface area (TPSA) is 47.6 Å². The van der Waals surface area contributed by atoms with Crippen LogP contribution in [0.3, 0.4) is 0 Å². The lowest BCUT2D eigenvalue weighted by Gasteiger charge is -2.15. The van der Waals surface area contributed by atoms with Crippen molar-refractivity contribution in [1.82, 2.24) is 5.32 Å². The maximum atomic E-state index is 13.5. The molecule has 2 aromatic rings. The Morgan fingerprint density at radius 1 is 1.21 bits per heavy atom. The van der Waals surface area contributed by atoms with Crippen LogP contribution in [-0.4, -0.2) is 18.5 Å².